The normalized spacial score (nSPS) is 17.7. The van der Waals surface area contributed by atoms with Gasteiger partial charge in [-0.05, 0) is 51.2 Å². The monoisotopic (exact) mass is 479 g/mol. The van der Waals surface area contributed by atoms with E-state index in [1.807, 2.05) is 26.1 Å². The summed E-state index contributed by atoms with van der Waals surface area (Å²) in [5.74, 6) is 1.17. The fourth-order valence-corrected chi connectivity index (χ4v) is 4.43. The molecule has 1 aliphatic carbocycles. The Balaban J connectivity index is 1.46. The zero-order valence-electron chi connectivity index (χ0n) is 20.8. The lowest BCUT2D eigenvalue weighted by molar-refractivity contribution is -0.147. The molecule has 3 aromatic heterocycles. The highest BCUT2D eigenvalue weighted by atomic mass is 16.5. The molecule has 35 heavy (non-hydrogen) atoms. The van der Waals surface area contributed by atoms with Crippen LogP contribution in [-0.4, -0.2) is 49.1 Å². The fraction of sp³-hybridized carbons (Fsp3) is 0.520. The van der Waals surface area contributed by atoms with E-state index in [-0.39, 0.29) is 18.0 Å². The summed E-state index contributed by atoms with van der Waals surface area (Å²) in [5.41, 5.74) is 4.05. The molecule has 3 heterocycles. The average Bonchev–Trinajstić information content (AvgIpc) is 3.24. The van der Waals surface area contributed by atoms with Gasteiger partial charge in [0.2, 0.25) is 0 Å². The van der Waals surface area contributed by atoms with Gasteiger partial charge in [0.25, 0.3) is 0 Å². The SMILES string of the molecule is CCCc1cncc(NCc2c(-c3ccc(O[C@H]4CCC[C@H](C(=O)OC)C4)c(C)n3)nnn2C)n1. The fourth-order valence-electron chi connectivity index (χ4n) is 4.43. The van der Waals surface area contributed by atoms with Gasteiger partial charge in [0.15, 0.2) is 0 Å². The molecule has 0 aromatic carbocycles. The molecule has 0 saturated heterocycles. The molecule has 10 heteroatoms. The van der Waals surface area contributed by atoms with Crippen LogP contribution in [0.15, 0.2) is 24.5 Å². The molecule has 0 radical (unpaired) electrons. The second-order valence-corrected chi connectivity index (χ2v) is 8.91. The summed E-state index contributed by atoms with van der Waals surface area (Å²) in [6.07, 6.45) is 8.76. The third kappa shape index (κ3) is 5.93. The van der Waals surface area contributed by atoms with Crippen LogP contribution in [0.1, 0.15) is 56.1 Å². The summed E-state index contributed by atoms with van der Waals surface area (Å²) in [6, 6.07) is 3.82. The Morgan fingerprint density at radius 1 is 1.23 bits per heavy atom. The maximum Gasteiger partial charge on any atom is 0.308 e. The van der Waals surface area contributed by atoms with Gasteiger partial charge in [0, 0.05) is 13.2 Å². The van der Waals surface area contributed by atoms with Crippen molar-refractivity contribution >= 4 is 11.8 Å². The summed E-state index contributed by atoms with van der Waals surface area (Å²) in [6.45, 7) is 4.52. The summed E-state index contributed by atoms with van der Waals surface area (Å²) in [5, 5.41) is 11.9. The van der Waals surface area contributed by atoms with Gasteiger partial charge in [-0.3, -0.25) is 9.78 Å². The van der Waals surface area contributed by atoms with E-state index in [0.717, 1.165) is 60.6 Å². The van der Waals surface area contributed by atoms with Crippen molar-refractivity contribution in [1.82, 2.24) is 29.9 Å². The van der Waals surface area contributed by atoms with Gasteiger partial charge in [-0.1, -0.05) is 18.6 Å². The van der Waals surface area contributed by atoms with Gasteiger partial charge >= 0.3 is 5.97 Å². The maximum absolute atomic E-state index is 11.9. The molecule has 2 atom stereocenters. The van der Waals surface area contributed by atoms with Crippen molar-refractivity contribution in [3.63, 3.8) is 0 Å². The maximum atomic E-state index is 11.9. The van der Waals surface area contributed by atoms with E-state index in [9.17, 15) is 4.79 Å². The van der Waals surface area contributed by atoms with Crippen molar-refractivity contribution in [3.05, 3.63) is 41.6 Å². The zero-order chi connectivity index (χ0) is 24.8. The highest BCUT2D eigenvalue weighted by Gasteiger charge is 2.29. The molecule has 1 N–H and O–H groups in total. The number of carbonyl (C=O) groups excluding carboxylic acids is 1. The number of ether oxygens (including phenoxy) is 2. The molecule has 0 amide bonds. The van der Waals surface area contributed by atoms with Crippen LogP contribution in [0.2, 0.25) is 0 Å². The van der Waals surface area contributed by atoms with Crippen molar-refractivity contribution in [3.8, 4) is 17.1 Å². The number of pyridine rings is 1. The number of methoxy groups -OCH3 is 1. The third-order valence-corrected chi connectivity index (χ3v) is 6.30. The largest absolute Gasteiger partial charge is 0.489 e. The van der Waals surface area contributed by atoms with Crippen LogP contribution in [0.4, 0.5) is 5.82 Å². The molecule has 0 bridgehead atoms. The predicted octanol–water partition coefficient (Wildman–Crippen LogP) is 3.65. The van der Waals surface area contributed by atoms with Crippen molar-refractivity contribution in [2.24, 2.45) is 13.0 Å². The van der Waals surface area contributed by atoms with Gasteiger partial charge in [-0.15, -0.1) is 5.10 Å². The first-order chi connectivity index (χ1) is 17.0. The van der Waals surface area contributed by atoms with Crippen molar-refractivity contribution in [1.29, 1.82) is 0 Å². The molecule has 0 aliphatic heterocycles. The number of hydrogen-bond donors (Lipinski definition) is 1. The first-order valence-electron chi connectivity index (χ1n) is 12.1. The quantitative estimate of drug-likeness (QED) is 0.459. The first kappa shape index (κ1) is 24.6. The van der Waals surface area contributed by atoms with E-state index >= 15 is 0 Å². The predicted molar refractivity (Wildman–Crippen MR) is 131 cm³/mol. The number of nitrogens with one attached hydrogen (secondary N) is 1. The zero-order valence-corrected chi connectivity index (χ0v) is 20.8. The molecule has 1 aliphatic rings. The molecule has 3 aromatic rings. The van der Waals surface area contributed by atoms with Crippen LogP contribution in [0.25, 0.3) is 11.4 Å². The smallest absolute Gasteiger partial charge is 0.308 e. The molecule has 0 unspecified atom stereocenters. The second kappa shape index (κ2) is 11.2. The summed E-state index contributed by atoms with van der Waals surface area (Å²) in [4.78, 5) is 25.6. The van der Waals surface area contributed by atoms with Gasteiger partial charge in [0.1, 0.15) is 17.3 Å². The lowest BCUT2D eigenvalue weighted by atomic mass is 9.87. The topological polar surface area (TPSA) is 117 Å². The second-order valence-electron chi connectivity index (χ2n) is 8.91. The highest BCUT2D eigenvalue weighted by Crippen LogP contribution is 2.31. The third-order valence-electron chi connectivity index (χ3n) is 6.30. The van der Waals surface area contributed by atoms with Crippen LogP contribution in [0.3, 0.4) is 0 Å². The molecule has 1 fully saturated rings. The van der Waals surface area contributed by atoms with Crippen LogP contribution in [-0.2, 0) is 29.5 Å². The number of nitrogens with zero attached hydrogens (tertiary/aromatic N) is 6. The first-order valence-corrected chi connectivity index (χ1v) is 12.1. The summed E-state index contributed by atoms with van der Waals surface area (Å²) >= 11 is 0. The molecule has 1 saturated carbocycles. The highest BCUT2D eigenvalue weighted by molar-refractivity contribution is 5.72. The number of esters is 1. The Kier molecular flexibility index (Phi) is 7.89. The van der Waals surface area contributed by atoms with Crippen molar-refractivity contribution in [2.75, 3.05) is 12.4 Å². The Morgan fingerprint density at radius 3 is 2.86 bits per heavy atom. The van der Waals surface area contributed by atoms with E-state index in [1.54, 1.807) is 17.1 Å². The van der Waals surface area contributed by atoms with Crippen LogP contribution in [0.5, 0.6) is 5.75 Å². The minimum Gasteiger partial charge on any atom is -0.489 e. The molecule has 10 nitrogen and oxygen atoms in total. The minimum atomic E-state index is -0.157. The number of aromatic nitrogens is 6. The Labute approximate surface area is 205 Å². The van der Waals surface area contributed by atoms with Gasteiger partial charge < -0.3 is 14.8 Å². The Morgan fingerprint density at radius 2 is 2.09 bits per heavy atom. The van der Waals surface area contributed by atoms with Crippen LogP contribution < -0.4 is 10.1 Å². The Bertz CT molecular complexity index is 1160. The number of anilines is 1. The van der Waals surface area contributed by atoms with Gasteiger partial charge in [-0.25, -0.2) is 14.6 Å². The molecule has 4 rings (SSSR count). The molecule has 0 spiro atoms. The van der Waals surface area contributed by atoms with Crippen LogP contribution in [0, 0.1) is 12.8 Å². The van der Waals surface area contributed by atoms with E-state index in [1.165, 1.54) is 7.11 Å². The standard InChI is InChI=1S/C25H33N7O3/c1-5-7-18-13-26-15-23(29-18)27-14-21-24(30-31-32(21)3)20-10-11-22(16(2)28-20)35-19-9-6-8-17(12-19)25(33)34-4/h10-11,13,15,17,19H,5-9,12,14H2,1-4H3,(H,27,29)/t17-,19-/m0/s1. The van der Waals surface area contributed by atoms with Crippen LogP contribution >= 0.6 is 0 Å². The number of hydrogen-bond acceptors (Lipinski definition) is 9. The molecule has 186 valence electrons. The number of carbonyl (C=O) groups is 1. The molecular formula is C25H33N7O3. The van der Waals surface area contributed by atoms with Crippen molar-refractivity contribution < 1.29 is 14.3 Å². The van der Waals surface area contributed by atoms with Gasteiger partial charge in [-0.2, -0.15) is 0 Å². The minimum absolute atomic E-state index is 0.0277. The summed E-state index contributed by atoms with van der Waals surface area (Å²) in [7, 11) is 3.30. The van der Waals surface area contributed by atoms with Gasteiger partial charge in [0.05, 0.1) is 54.6 Å². The lowest BCUT2D eigenvalue weighted by Gasteiger charge is -2.28. The molecular weight excluding hydrogens is 446 g/mol. The van der Waals surface area contributed by atoms with E-state index in [4.69, 9.17) is 14.5 Å². The van der Waals surface area contributed by atoms with Crippen molar-refractivity contribution in [2.45, 2.75) is 65.0 Å². The average molecular weight is 480 g/mol. The van der Waals surface area contributed by atoms with E-state index in [2.05, 4.69) is 32.5 Å². The lowest BCUT2D eigenvalue weighted by Crippen LogP contribution is -2.30. The Hall–Kier alpha value is -3.56. The number of rotatable bonds is 9. The number of aryl methyl sites for hydroxylation is 3. The van der Waals surface area contributed by atoms with E-state index in [0.29, 0.717) is 24.5 Å². The van der Waals surface area contributed by atoms with E-state index < -0.39 is 0 Å². The summed E-state index contributed by atoms with van der Waals surface area (Å²) < 4.78 is 12.9.